The van der Waals surface area contributed by atoms with E-state index in [9.17, 15) is 0 Å². The number of benzene rings is 12. The summed E-state index contributed by atoms with van der Waals surface area (Å²) in [5, 5.41) is 4.42. The Balaban J connectivity index is 0.883. The Bertz CT molecular complexity index is 4200. The van der Waals surface area contributed by atoms with E-state index in [0.29, 0.717) is 0 Å². The van der Waals surface area contributed by atoms with Crippen LogP contribution in [0, 0.1) is 0 Å². The molecule has 0 saturated heterocycles. The lowest BCUT2D eigenvalue weighted by Crippen LogP contribution is -1.87. The van der Waals surface area contributed by atoms with Gasteiger partial charge in [-0.05, 0) is 144 Å². The third kappa shape index (κ3) is 7.33. The smallest absolute Gasteiger partial charge is 0.143 e. The van der Waals surface area contributed by atoms with Crippen molar-refractivity contribution >= 4 is 43.9 Å². The van der Waals surface area contributed by atoms with E-state index >= 15 is 0 Å². The molecule has 15 rings (SSSR count). The van der Waals surface area contributed by atoms with Crippen molar-refractivity contribution in [2.45, 2.75) is 6.42 Å². The monoisotopic (exact) mass is 954 g/mol. The summed E-state index contributed by atoms with van der Waals surface area (Å²) in [4.78, 5) is 0. The van der Waals surface area contributed by atoms with Crippen molar-refractivity contribution in [2.24, 2.45) is 0 Å². The van der Waals surface area contributed by atoms with Crippen LogP contribution >= 0.6 is 0 Å². The maximum Gasteiger partial charge on any atom is 0.143 e. The predicted octanol–water partition coefficient (Wildman–Crippen LogP) is 20.4. The second kappa shape index (κ2) is 17.5. The molecule has 2 aromatic heterocycles. The predicted molar refractivity (Wildman–Crippen MR) is 313 cm³/mol. The Hall–Kier alpha value is -9.76. The lowest BCUT2D eigenvalue weighted by atomic mass is 9.92. The molecule has 0 atom stereocenters. The standard InChI is InChI=1S/C73H46O2/c1-7-19-46(20-8-1)54-38-62(50-27-15-5-16-28-50)70-66(42-54)68-44-56(48-23-11-3-12-24-48)40-64(72(68)74-70)52-31-33-60-58(35-52)37-59-36-53(32-34-61(59)60)65-41-57(49-25-13-4-14-26-49)45-69-67-43-55(47-21-9-2-10-22-47)39-63(71(67)75-73(65)69)51-29-17-6-18-30-51/h1-36,38-45H,37H2. The van der Waals surface area contributed by atoms with Crippen LogP contribution in [0.1, 0.15) is 11.1 Å². The fraction of sp³-hybridized carbons (Fsp3) is 0.0137. The molecule has 1 aliphatic rings. The van der Waals surface area contributed by atoms with Gasteiger partial charge in [0, 0.05) is 43.8 Å². The number of rotatable bonds is 8. The molecule has 2 heteroatoms. The summed E-state index contributed by atoms with van der Waals surface area (Å²) >= 11 is 0. The molecular weight excluding hydrogens is 909 g/mol. The quantitative estimate of drug-likeness (QED) is 0.152. The van der Waals surface area contributed by atoms with E-state index in [-0.39, 0.29) is 0 Å². The summed E-state index contributed by atoms with van der Waals surface area (Å²) in [6, 6.07) is 96.6. The highest BCUT2D eigenvalue weighted by atomic mass is 16.3. The Kier molecular flexibility index (Phi) is 9.99. The van der Waals surface area contributed by atoms with Gasteiger partial charge in [-0.15, -0.1) is 0 Å². The average molecular weight is 955 g/mol. The van der Waals surface area contributed by atoms with Crippen molar-refractivity contribution in [2.75, 3.05) is 0 Å². The second-order valence-corrected chi connectivity index (χ2v) is 19.9. The molecule has 14 aromatic rings. The van der Waals surface area contributed by atoms with Crippen LogP contribution < -0.4 is 0 Å². The largest absolute Gasteiger partial charge is 0.455 e. The molecule has 0 aliphatic heterocycles. The SMILES string of the molecule is c1ccc(-c2cc(-c3ccccc3)c3oc4c(-c5ccc6c(c5)Cc5cc(-c7cc(-c8ccccc8)cc8c7oc7c(-c9ccccc9)cc(-c9ccccc9)cc78)ccc5-6)cc(-c5ccccc5)cc4c3c2)cc1. The van der Waals surface area contributed by atoms with Gasteiger partial charge in [0.05, 0.1) is 0 Å². The van der Waals surface area contributed by atoms with E-state index in [1.165, 1.54) is 44.5 Å². The first-order valence-corrected chi connectivity index (χ1v) is 25.8. The van der Waals surface area contributed by atoms with Gasteiger partial charge in [-0.1, -0.05) is 218 Å². The summed E-state index contributed by atoms with van der Waals surface area (Å²) in [5.41, 5.74) is 26.9. The van der Waals surface area contributed by atoms with Crippen LogP contribution in [0.5, 0.6) is 0 Å². The highest BCUT2D eigenvalue weighted by Gasteiger charge is 2.25. The van der Waals surface area contributed by atoms with E-state index < -0.39 is 0 Å². The van der Waals surface area contributed by atoms with Gasteiger partial charge in [0.25, 0.3) is 0 Å². The first kappa shape index (κ1) is 42.9. The molecule has 0 radical (unpaired) electrons. The maximum atomic E-state index is 7.20. The number of hydrogen-bond donors (Lipinski definition) is 0. The minimum Gasteiger partial charge on any atom is -0.455 e. The first-order valence-electron chi connectivity index (χ1n) is 25.8. The van der Waals surface area contributed by atoms with Crippen molar-refractivity contribution in [3.05, 3.63) is 278 Å². The van der Waals surface area contributed by atoms with E-state index in [1.807, 2.05) is 0 Å². The van der Waals surface area contributed by atoms with Crippen LogP contribution in [-0.4, -0.2) is 0 Å². The molecule has 350 valence electrons. The normalized spacial score (nSPS) is 11.9. The molecule has 0 fully saturated rings. The Morgan fingerprint density at radius 3 is 0.720 bits per heavy atom. The van der Waals surface area contributed by atoms with Crippen molar-refractivity contribution in [3.8, 4) is 100 Å². The zero-order valence-electron chi connectivity index (χ0n) is 40.9. The Morgan fingerprint density at radius 2 is 0.440 bits per heavy atom. The second-order valence-electron chi connectivity index (χ2n) is 19.9. The van der Waals surface area contributed by atoms with Crippen LogP contribution in [0.25, 0.3) is 144 Å². The van der Waals surface area contributed by atoms with Gasteiger partial charge in [0.2, 0.25) is 0 Å². The third-order valence-corrected chi connectivity index (χ3v) is 15.4. The van der Waals surface area contributed by atoms with Gasteiger partial charge >= 0.3 is 0 Å². The van der Waals surface area contributed by atoms with Crippen molar-refractivity contribution in [3.63, 3.8) is 0 Å². The molecule has 0 N–H and O–H groups in total. The number of hydrogen-bond acceptors (Lipinski definition) is 2. The molecule has 1 aliphatic carbocycles. The van der Waals surface area contributed by atoms with Gasteiger partial charge in [0.1, 0.15) is 22.3 Å². The summed E-state index contributed by atoms with van der Waals surface area (Å²) in [6.45, 7) is 0. The Morgan fingerprint density at radius 1 is 0.187 bits per heavy atom. The van der Waals surface area contributed by atoms with Gasteiger partial charge in [-0.2, -0.15) is 0 Å². The molecule has 0 spiro atoms. The summed E-state index contributed by atoms with van der Waals surface area (Å²) in [7, 11) is 0. The van der Waals surface area contributed by atoms with E-state index in [1.54, 1.807) is 0 Å². The molecule has 0 bridgehead atoms. The summed E-state index contributed by atoms with van der Waals surface area (Å²) < 4.78 is 14.4. The molecule has 75 heavy (non-hydrogen) atoms. The highest BCUT2D eigenvalue weighted by Crippen LogP contribution is 2.49. The number of furan rings is 2. The molecule has 2 nitrogen and oxygen atoms in total. The lowest BCUT2D eigenvalue weighted by molar-refractivity contribution is 0.671. The van der Waals surface area contributed by atoms with Crippen LogP contribution in [0.3, 0.4) is 0 Å². The zero-order chi connectivity index (χ0) is 49.4. The molecule has 12 aromatic carbocycles. The zero-order valence-corrected chi connectivity index (χ0v) is 40.9. The Labute approximate surface area is 435 Å². The molecule has 0 saturated carbocycles. The van der Waals surface area contributed by atoms with Crippen LogP contribution in [0.15, 0.2) is 276 Å². The third-order valence-electron chi connectivity index (χ3n) is 15.4. The summed E-state index contributed by atoms with van der Waals surface area (Å²) in [6.07, 6.45) is 0.812. The van der Waals surface area contributed by atoms with Crippen molar-refractivity contribution in [1.29, 1.82) is 0 Å². The minimum atomic E-state index is 0.812. The molecular formula is C73H46O2. The molecule has 0 amide bonds. The van der Waals surface area contributed by atoms with Gasteiger partial charge in [-0.25, -0.2) is 0 Å². The van der Waals surface area contributed by atoms with Crippen LogP contribution in [0.4, 0.5) is 0 Å². The minimum absolute atomic E-state index is 0.812. The number of fused-ring (bicyclic) bond motifs is 9. The highest BCUT2D eigenvalue weighted by molar-refractivity contribution is 6.17. The van der Waals surface area contributed by atoms with Crippen LogP contribution in [-0.2, 0) is 6.42 Å². The van der Waals surface area contributed by atoms with E-state index in [0.717, 1.165) is 117 Å². The maximum absolute atomic E-state index is 7.20. The van der Waals surface area contributed by atoms with Crippen molar-refractivity contribution in [1.82, 2.24) is 0 Å². The fourth-order valence-corrected chi connectivity index (χ4v) is 11.8. The lowest BCUT2D eigenvalue weighted by Gasteiger charge is -2.10. The van der Waals surface area contributed by atoms with Gasteiger partial charge in [0.15, 0.2) is 0 Å². The fourth-order valence-electron chi connectivity index (χ4n) is 11.8. The topological polar surface area (TPSA) is 26.3 Å². The molecule has 0 unspecified atom stereocenters. The van der Waals surface area contributed by atoms with Crippen LogP contribution in [0.2, 0.25) is 0 Å². The summed E-state index contributed by atoms with van der Waals surface area (Å²) in [5.74, 6) is 0. The van der Waals surface area contributed by atoms with E-state index in [4.69, 9.17) is 8.83 Å². The van der Waals surface area contributed by atoms with Gasteiger partial charge < -0.3 is 8.83 Å². The first-order chi connectivity index (χ1) is 37.1. The van der Waals surface area contributed by atoms with Gasteiger partial charge in [-0.3, -0.25) is 0 Å². The van der Waals surface area contributed by atoms with E-state index in [2.05, 4.69) is 267 Å². The van der Waals surface area contributed by atoms with Crippen molar-refractivity contribution < 1.29 is 8.83 Å². The average Bonchev–Trinajstić information content (AvgIpc) is 4.19. The molecule has 2 heterocycles.